The number of nitrogens with zero attached hydrogens (tertiary/aromatic N) is 2. The van der Waals surface area contributed by atoms with Gasteiger partial charge in [-0.05, 0) is 37.8 Å². The van der Waals surface area contributed by atoms with Crippen LogP contribution in [-0.4, -0.2) is 39.8 Å². The minimum absolute atomic E-state index is 0.0581. The molecular formula is C15H15ClN4O5. The number of benzene rings is 1. The highest BCUT2D eigenvalue weighted by Crippen LogP contribution is 2.42. The summed E-state index contributed by atoms with van der Waals surface area (Å²) in [4.78, 5) is 47.7. The summed E-state index contributed by atoms with van der Waals surface area (Å²) in [5, 5.41) is 15.9. The number of rotatable bonds is 5. The predicted octanol–water partition coefficient (Wildman–Crippen LogP) is 1.91. The highest BCUT2D eigenvalue weighted by Gasteiger charge is 2.56. The van der Waals surface area contributed by atoms with Gasteiger partial charge in [-0.2, -0.15) is 0 Å². The Hall–Kier alpha value is -2.68. The Kier molecular flexibility index (Phi) is 4.11. The first kappa shape index (κ1) is 17.2. The van der Waals surface area contributed by atoms with Crippen LogP contribution in [-0.2, 0) is 9.59 Å². The molecule has 1 aromatic rings. The molecule has 0 spiro atoms. The van der Waals surface area contributed by atoms with Gasteiger partial charge in [-0.1, -0.05) is 11.6 Å². The Morgan fingerprint density at radius 2 is 2.16 bits per heavy atom. The number of nitro benzene ring substituents is 1. The highest BCUT2D eigenvalue weighted by atomic mass is 35.5. The molecule has 0 radical (unpaired) electrons. The zero-order valence-electron chi connectivity index (χ0n) is 13.2. The van der Waals surface area contributed by atoms with E-state index in [9.17, 15) is 24.5 Å². The van der Waals surface area contributed by atoms with Crippen molar-refractivity contribution in [1.29, 1.82) is 0 Å². The topological polar surface area (TPSA) is 122 Å². The monoisotopic (exact) mass is 366 g/mol. The molecular weight excluding hydrogens is 352 g/mol. The molecule has 0 unspecified atom stereocenters. The molecule has 1 saturated carbocycles. The fraction of sp³-hybridized carbons (Fsp3) is 0.400. The summed E-state index contributed by atoms with van der Waals surface area (Å²) in [6, 6.07) is 3.18. The molecule has 1 aromatic carbocycles. The number of amides is 4. The zero-order valence-corrected chi connectivity index (χ0v) is 14.0. The molecule has 0 aromatic heterocycles. The van der Waals surface area contributed by atoms with E-state index in [-0.39, 0.29) is 22.3 Å². The van der Waals surface area contributed by atoms with Gasteiger partial charge in [0.2, 0.25) is 5.91 Å². The standard InChI is InChI=1S/C15H15ClN4O5/c1-15(8-2-3-8)13(22)19(14(23)18-15)7-12(21)17-9-4-5-10(16)11(6-9)20(24)25/h4-6,8H,2-3,7H2,1H3,(H,17,21)(H,18,23)/t15-/m1/s1. The van der Waals surface area contributed by atoms with Gasteiger partial charge in [0, 0.05) is 11.8 Å². The average Bonchev–Trinajstić information content (AvgIpc) is 3.35. The molecule has 2 N–H and O–H groups in total. The second kappa shape index (κ2) is 5.99. The van der Waals surface area contributed by atoms with Gasteiger partial charge < -0.3 is 10.6 Å². The molecule has 9 nitrogen and oxygen atoms in total. The van der Waals surface area contributed by atoms with Gasteiger partial charge in [-0.25, -0.2) is 4.79 Å². The fourth-order valence-electron chi connectivity index (χ4n) is 2.87. The van der Waals surface area contributed by atoms with E-state index in [4.69, 9.17) is 11.6 Å². The van der Waals surface area contributed by atoms with Crippen molar-refractivity contribution >= 4 is 40.8 Å². The second-order valence-electron chi connectivity index (χ2n) is 6.27. The molecule has 3 rings (SSSR count). The number of nitrogens with one attached hydrogen (secondary N) is 2. The second-order valence-corrected chi connectivity index (χ2v) is 6.68. The number of carbonyl (C=O) groups excluding carboxylic acids is 3. The summed E-state index contributed by atoms with van der Waals surface area (Å²) in [6.07, 6.45) is 1.72. The first-order valence-corrected chi connectivity index (χ1v) is 7.98. The normalized spacial score (nSPS) is 22.7. The minimum atomic E-state index is -0.962. The van der Waals surface area contributed by atoms with Crippen LogP contribution in [0.15, 0.2) is 18.2 Å². The molecule has 2 aliphatic rings. The van der Waals surface area contributed by atoms with E-state index in [2.05, 4.69) is 10.6 Å². The molecule has 1 aliphatic carbocycles. The number of hydrogen-bond donors (Lipinski definition) is 2. The van der Waals surface area contributed by atoms with E-state index in [1.807, 2.05) is 0 Å². The van der Waals surface area contributed by atoms with Crippen molar-refractivity contribution in [3.63, 3.8) is 0 Å². The lowest BCUT2D eigenvalue weighted by Gasteiger charge is -2.20. The van der Waals surface area contributed by atoms with Crippen LogP contribution in [0.5, 0.6) is 0 Å². The van der Waals surface area contributed by atoms with Crippen LogP contribution in [0.4, 0.5) is 16.2 Å². The van der Waals surface area contributed by atoms with Crippen molar-refractivity contribution in [1.82, 2.24) is 10.2 Å². The number of imide groups is 1. The van der Waals surface area contributed by atoms with E-state index in [0.29, 0.717) is 0 Å². The molecule has 1 heterocycles. The first-order valence-electron chi connectivity index (χ1n) is 7.60. The van der Waals surface area contributed by atoms with Crippen molar-refractivity contribution in [2.75, 3.05) is 11.9 Å². The van der Waals surface area contributed by atoms with Crippen molar-refractivity contribution < 1.29 is 19.3 Å². The van der Waals surface area contributed by atoms with Gasteiger partial charge in [0.15, 0.2) is 0 Å². The molecule has 10 heteroatoms. The maximum atomic E-state index is 12.5. The van der Waals surface area contributed by atoms with Crippen LogP contribution in [0.1, 0.15) is 19.8 Å². The smallest absolute Gasteiger partial charge is 0.324 e. The number of nitro groups is 1. The van der Waals surface area contributed by atoms with E-state index < -0.39 is 34.9 Å². The Bertz CT molecular complexity index is 794. The summed E-state index contributed by atoms with van der Waals surface area (Å²) in [7, 11) is 0. The largest absolute Gasteiger partial charge is 0.325 e. The molecule has 4 amide bonds. The number of halogens is 1. The fourth-order valence-corrected chi connectivity index (χ4v) is 3.06. The lowest BCUT2D eigenvalue weighted by Crippen LogP contribution is -2.46. The summed E-state index contributed by atoms with van der Waals surface area (Å²) in [5.41, 5.74) is -1.16. The molecule has 2 fully saturated rings. The highest BCUT2D eigenvalue weighted by molar-refractivity contribution is 6.32. The maximum absolute atomic E-state index is 12.5. The average molecular weight is 367 g/mol. The van der Waals surface area contributed by atoms with E-state index in [0.717, 1.165) is 23.8 Å². The van der Waals surface area contributed by atoms with E-state index >= 15 is 0 Å². The molecule has 1 aliphatic heterocycles. The molecule has 1 saturated heterocycles. The first-order chi connectivity index (χ1) is 11.7. The molecule has 1 atom stereocenters. The lowest BCUT2D eigenvalue weighted by molar-refractivity contribution is -0.384. The molecule has 132 valence electrons. The van der Waals surface area contributed by atoms with Crippen molar-refractivity contribution in [2.24, 2.45) is 5.92 Å². The van der Waals surface area contributed by atoms with Crippen LogP contribution in [0.3, 0.4) is 0 Å². The minimum Gasteiger partial charge on any atom is -0.324 e. The number of urea groups is 1. The van der Waals surface area contributed by atoms with Crippen molar-refractivity contribution in [3.05, 3.63) is 33.3 Å². The van der Waals surface area contributed by atoms with Gasteiger partial charge >= 0.3 is 6.03 Å². The van der Waals surface area contributed by atoms with Crippen LogP contribution < -0.4 is 10.6 Å². The SMILES string of the molecule is C[C@]1(C2CC2)NC(=O)N(CC(=O)Nc2ccc(Cl)c([N+](=O)[O-])c2)C1=O. The summed E-state index contributed by atoms with van der Waals surface area (Å²) in [6.45, 7) is 1.19. The van der Waals surface area contributed by atoms with E-state index in [1.165, 1.54) is 12.1 Å². The van der Waals surface area contributed by atoms with Crippen molar-refractivity contribution in [2.45, 2.75) is 25.3 Å². The van der Waals surface area contributed by atoms with E-state index in [1.54, 1.807) is 6.92 Å². The van der Waals surface area contributed by atoms with Crippen LogP contribution >= 0.6 is 11.6 Å². The maximum Gasteiger partial charge on any atom is 0.325 e. The third kappa shape index (κ3) is 3.14. The molecule has 25 heavy (non-hydrogen) atoms. The third-order valence-corrected chi connectivity index (χ3v) is 4.74. The van der Waals surface area contributed by atoms with Gasteiger partial charge in [-0.15, -0.1) is 0 Å². The summed E-state index contributed by atoms with van der Waals surface area (Å²) < 4.78 is 0. The van der Waals surface area contributed by atoms with Gasteiger partial charge in [0.25, 0.3) is 11.6 Å². The van der Waals surface area contributed by atoms with Crippen molar-refractivity contribution in [3.8, 4) is 0 Å². The Morgan fingerprint density at radius 3 is 2.76 bits per heavy atom. The molecule has 0 bridgehead atoms. The van der Waals surface area contributed by atoms with Gasteiger partial charge in [-0.3, -0.25) is 24.6 Å². The number of hydrogen-bond acceptors (Lipinski definition) is 5. The number of anilines is 1. The Balaban J connectivity index is 1.69. The Labute approximate surface area is 147 Å². The lowest BCUT2D eigenvalue weighted by atomic mass is 9.96. The van der Waals surface area contributed by atoms with Gasteiger partial charge in [0.1, 0.15) is 17.1 Å². The van der Waals surface area contributed by atoms with Crippen LogP contribution in [0.25, 0.3) is 0 Å². The van der Waals surface area contributed by atoms with Crippen LogP contribution in [0.2, 0.25) is 5.02 Å². The van der Waals surface area contributed by atoms with Gasteiger partial charge in [0.05, 0.1) is 4.92 Å². The van der Waals surface area contributed by atoms with Crippen LogP contribution in [0, 0.1) is 16.0 Å². The summed E-state index contributed by atoms with van der Waals surface area (Å²) >= 11 is 5.71. The summed E-state index contributed by atoms with van der Waals surface area (Å²) in [5.74, 6) is -0.978. The quantitative estimate of drug-likeness (QED) is 0.468. The predicted molar refractivity (Wildman–Crippen MR) is 88.1 cm³/mol. The Morgan fingerprint density at radius 1 is 1.48 bits per heavy atom. The zero-order chi connectivity index (χ0) is 18.4. The number of carbonyl (C=O) groups is 3. The third-order valence-electron chi connectivity index (χ3n) is 4.42.